The maximum absolute atomic E-state index is 4.32. The van der Waals surface area contributed by atoms with Gasteiger partial charge in [-0.3, -0.25) is 4.40 Å². The zero-order valence-electron chi connectivity index (χ0n) is 9.47. The topological polar surface area (TPSA) is 30.2 Å². The first-order valence-electron chi connectivity index (χ1n) is 5.91. The van der Waals surface area contributed by atoms with E-state index in [1.807, 2.05) is 18.2 Å². The van der Waals surface area contributed by atoms with Crippen molar-refractivity contribution in [3.63, 3.8) is 0 Å². The average molecular weight is 312 g/mol. The molecule has 2 aromatic rings. The van der Waals surface area contributed by atoms with Crippen LogP contribution in [0.1, 0.15) is 18.7 Å². The molecule has 1 unspecified atom stereocenters. The molecule has 0 amide bonds. The number of hydrogen-bond donors (Lipinski definition) is 0. The van der Waals surface area contributed by atoms with Crippen molar-refractivity contribution in [2.75, 3.05) is 11.5 Å². The van der Waals surface area contributed by atoms with Crippen LogP contribution in [0.2, 0.25) is 0 Å². The third-order valence-corrected chi connectivity index (χ3v) is 5.08. The molecule has 5 heteroatoms. The molecule has 0 saturated carbocycles. The molecule has 1 atom stereocenters. The smallest absolute Gasteiger partial charge is 0.161 e. The van der Waals surface area contributed by atoms with Gasteiger partial charge in [0.25, 0.3) is 0 Å². The van der Waals surface area contributed by atoms with E-state index in [9.17, 15) is 0 Å². The molecule has 2 aromatic heterocycles. The Balaban J connectivity index is 1.89. The highest BCUT2D eigenvalue weighted by Crippen LogP contribution is 2.26. The van der Waals surface area contributed by atoms with Gasteiger partial charge in [-0.05, 0) is 58.3 Å². The van der Waals surface area contributed by atoms with Gasteiger partial charge in [-0.1, -0.05) is 6.07 Å². The van der Waals surface area contributed by atoms with Gasteiger partial charge in [-0.15, -0.1) is 10.2 Å². The van der Waals surface area contributed by atoms with Crippen molar-refractivity contribution in [3.8, 4) is 0 Å². The van der Waals surface area contributed by atoms with Gasteiger partial charge in [0.05, 0.1) is 4.60 Å². The molecule has 3 rings (SSSR count). The molecule has 3 heterocycles. The second-order valence-corrected chi connectivity index (χ2v) is 6.41. The molecular formula is C12H14BrN3S. The Morgan fingerprint density at radius 3 is 3.18 bits per heavy atom. The summed E-state index contributed by atoms with van der Waals surface area (Å²) in [6.45, 7) is 0. The summed E-state index contributed by atoms with van der Waals surface area (Å²) in [4.78, 5) is 0. The number of hydrogen-bond acceptors (Lipinski definition) is 3. The number of fused-ring (bicyclic) bond motifs is 1. The fraction of sp³-hybridized carbons (Fsp3) is 0.500. The van der Waals surface area contributed by atoms with Crippen LogP contribution in [0.25, 0.3) is 5.65 Å². The van der Waals surface area contributed by atoms with E-state index in [1.165, 1.54) is 24.3 Å². The lowest BCUT2D eigenvalue weighted by atomic mass is 10.0. The van der Waals surface area contributed by atoms with Crippen LogP contribution in [-0.2, 0) is 6.42 Å². The van der Waals surface area contributed by atoms with Crippen molar-refractivity contribution in [2.24, 2.45) is 5.92 Å². The lowest BCUT2D eigenvalue weighted by molar-refractivity contribution is 0.506. The zero-order chi connectivity index (χ0) is 11.7. The predicted octanol–water partition coefficient (Wildman–Crippen LogP) is 3.18. The van der Waals surface area contributed by atoms with E-state index in [2.05, 4.69) is 42.3 Å². The molecule has 0 aliphatic carbocycles. The highest BCUT2D eigenvalue weighted by molar-refractivity contribution is 9.10. The Kier molecular flexibility index (Phi) is 3.38. The van der Waals surface area contributed by atoms with E-state index < -0.39 is 0 Å². The third kappa shape index (κ3) is 2.36. The second kappa shape index (κ2) is 4.98. The lowest BCUT2D eigenvalue weighted by Crippen LogP contribution is -2.15. The van der Waals surface area contributed by atoms with Crippen LogP contribution in [0.4, 0.5) is 0 Å². The van der Waals surface area contributed by atoms with Crippen LogP contribution in [-0.4, -0.2) is 26.1 Å². The number of halogens is 1. The van der Waals surface area contributed by atoms with Gasteiger partial charge in [-0.25, -0.2) is 0 Å². The zero-order valence-corrected chi connectivity index (χ0v) is 11.9. The Labute approximate surface area is 113 Å². The van der Waals surface area contributed by atoms with Gasteiger partial charge >= 0.3 is 0 Å². The summed E-state index contributed by atoms with van der Waals surface area (Å²) >= 11 is 5.63. The summed E-state index contributed by atoms with van der Waals surface area (Å²) in [5.74, 6) is 4.42. The summed E-state index contributed by atoms with van der Waals surface area (Å²) in [6.07, 6.45) is 3.70. The van der Waals surface area contributed by atoms with Gasteiger partial charge in [0.2, 0.25) is 0 Å². The van der Waals surface area contributed by atoms with E-state index in [0.29, 0.717) is 0 Å². The van der Waals surface area contributed by atoms with Gasteiger partial charge in [0.15, 0.2) is 5.65 Å². The molecule has 17 heavy (non-hydrogen) atoms. The number of thioether (sulfide) groups is 1. The minimum absolute atomic E-state index is 0.758. The molecule has 90 valence electrons. The van der Waals surface area contributed by atoms with E-state index in [4.69, 9.17) is 0 Å². The van der Waals surface area contributed by atoms with Crippen molar-refractivity contribution in [1.82, 2.24) is 14.6 Å². The van der Waals surface area contributed by atoms with E-state index in [-0.39, 0.29) is 0 Å². The standard InChI is InChI=1S/C12H14BrN3S/c13-10-4-1-5-11-14-15-12(16(10)11)7-9-3-2-6-17-8-9/h1,4-5,9H,2-3,6-8H2. The van der Waals surface area contributed by atoms with Crippen LogP contribution < -0.4 is 0 Å². The van der Waals surface area contributed by atoms with Gasteiger partial charge in [0.1, 0.15) is 5.82 Å². The second-order valence-electron chi connectivity index (χ2n) is 4.45. The van der Waals surface area contributed by atoms with E-state index >= 15 is 0 Å². The number of aromatic nitrogens is 3. The van der Waals surface area contributed by atoms with Crippen LogP contribution in [0.3, 0.4) is 0 Å². The van der Waals surface area contributed by atoms with Crippen LogP contribution in [0.15, 0.2) is 22.8 Å². The van der Waals surface area contributed by atoms with Crippen LogP contribution in [0, 0.1) is 5.92 Å². The normalized spacial score (nSPS) is 20.9. The molecule has 0 spiro atoms. The fourth-order valence-corrected chi connectivity index (χ4v) is 4.01. The van der Waals surface area contributed by atoms with E-state index in [1.54, 1.807) is 0 Å². The molecule has 1 fully saturated rings. The van der Waals surface area contributed by atoms with E-state index in [0.717, 1.165) is 28.4 Å². The summed E-state index contributed by atoms with van der Waals surface area (Å²) < 4.78 is 3.15. The van der Waals surface area contributed by atoms with Crippen molar-refractivity contribution < 1.29 is 0 Å². The van der Waals surface area contributed by atoms with Gasteiger partial charge in [-0.2, -0.15) is 11.8 Å². The quantitative estimate of drug-likeness (QED) is 0.798. The summed E-state index contributed by atoms with van der Waals surface area (Å²) in [5.41, 5.74) is 0.929. The van der Waals surface area contributed by atoms with Crippen molar-refractivity contribution >= 4 is 33.3 Å². The highest BCUT2D eigenvalue weighted by Gasteiger charge is 2.17. The molecular weight excluding hydrogens is 298 g/mol. The first-order valence-corrected chi connectivity index (χ1v) is 7.85. The monoisotopic (exact) mass is 311 g/mol. The summed E-state index contributed by atoms with van der Waals surface area (Å²) in [5, 5.41) is 8.55. The van der Waals surface area contributed by atoms with Crippen molar-refractivity contribution in [2.45, 2.75) is 19.3 Å². The molecule has 1 aliphatic heterocycles. The third-order valence-electron chi connectivity index (χ3n) is 3.17. The number of rotatable bonds is 2. The number of nitrogens with zero attached hydrogens (tertiary/aromatic N) is 3. The highest BCUT2D eigenvalue weighted by atomic mass is 79.9. The number of pyridine rings is 1. The van der Waals surface area contributed by atoms with Crippen molar-refractivity contribution in [3.05, 3.63) is 28.6 Å². The molecule has 1 aliphatic rings. The summed E-state index contributed by atoms with van der Waals surface area (Å²) in [7, 11) is 0. The molecule has 0 N–H and O–H groups in total. The maximum Gasteiger partial charge on any atom is 0.161 e. The largest absolute Gasteiger partial charge is 0.273 e. The fourth-order valence-electron chi connectivity index (χ4n) is 2.32. The molecule has 1 saturated heterocycles. The minimum atomic E-state index is 0.758. The first-order chi connectivity index (χ1) is 8.34. The van der Waals surface area contributed by atoms with Crippen LogP contribution >= 0.6 is 27.7 Å². The van der Waals surface area contributed by atoms with Crippen LogP contribution in [0.5, 0.6) is 0 Å². The molecule has 0 bridgehead atoms. The Morgan fingerprint density at radius 2 is 2.35 bits per heavy atom. The van der Waals surface area contributed by atoms with Crippen molar-refractivity contribution in [1.29, 1.82) is 0 Å². The van der Waals surface area contributed by atoms with Gasteiger partial charge in [0, 0.05) is 6.42 Å². The first kappa shape index (κ1) is 11.5. The Morgan fingerprint density at radius 1 is 1.41 bits per heavy atom. The Hall–Kier alpha value is -0.550. The lowest BCUT2D eigenvalue weighted by Gasteiger charge is -2.20. The summed E-state index contributed by atoms with van der Waals surface area (Å²) in [6, 6.07) is 6.03. The average Bonchev–Trinajstić information content (AvgIpc) is 2.75. The molecule has 0 radical (unpaired) electrons. The maximum atomic E-state index is 4.32. The molecule has 3 nitrogen and oxygen atoms in total. The SMILES string of the molecule is Brc1cccc2nnc(CC3CCCSC3)n12. The minimum Gasteiger partial charge on any atom is -0.273 e. The molecule has 0 aromatic carbocycles. The van der Waals surface area contributed by atoms with Gasteiger partial charge < -0.3 is 0 Å². The predicted molar refractivity (Wildman–Crippen MR) is 74.4 cm³/mol. The Bertz CT molecular complexity index is 519.